The zero-order chi connectivity index (χ0) is 14.3. The molecule has 1 saturated carbocycles. The third kappa shape index (κ3) is 2.40. The van der Waals surface area contributed by atoms with E-state index in [9.17, 15) is 9.59 Å². The number of carbonyl (C=O) groups is 2. The Balaban J connectivity index is 1.75. The molecule has 1 aliphatic carbocycles. The zero-order valence-corrected chi connectivity index (χ0v) is 12.6. The summed E-state index contributed by atoms with van der Waals surface area (Å²) in [6.07, 6.45) is 2.20. The van der Waals surface area contributed by atoms with Crippen LogP contribution in [0, 0.1) is 0 Å². The summed E-state index contributed by atoms with van der Waals surface area (Å²) in [5.74, 6) is -0.00938. The molecule has 1 fully saturated rings. The molecule has 0 atom stereocenters. The Morgan fingerprint density at radius 2 is 2.05 bits per heavy atom. The van der Waals surface area contributed by atoms with E-state index in [4.69, 9.17) is 5.73 Å². The maximum atomic E-state index is 12.5. The molecule has 3 rings (SSSR count). The molecule has 1 aromatic carbocycles. The first-order chi connectivity index (χ1) is 9.50. The number of carbonyl (C=O) groups excluding carboxylic acids is 2. The number of nitrogens with zero attached hydrogens (tertiary/aromatic N) is 1. The van der Waals surface area contributed by atoms with E-state index in [2.05, 4.69) is 27.3 Å². The van der Waals surface area contributed by atoms with Gasteiger partial charge in [0.05, 0.1) is 0 Å². The van der Waals surface area contributed by atoms with E-state index in [1.165, 1.54) is 11.1 Å². The van der Waals surface area contributed by atoms with Gasteiger partial charge in [-0.1, -0.05) is 22.0 Å². The van der Waals surface area contributed by atoms with E-state index in [0.717, 1.165) is 10.9 Å². The van der Waals surface area contributed by atoms with Crippen molar-refractivity contribution in [1.82, 2.24) is 10.2 Å². The summed E-state index contributed by atoms with van der Waals surface area (Å²) in [4.78, 5) is 25.4. The number of hydrogen-bond donors (Lipinski definition) is 2. The maximum absolute atomic E-state index is 12.5. The third-order valence-electron chi connectivity index (χ3n) is 3.99. The summed E-state index contributed by atoms with van der Waals surface area (Å²) >= 11 is 3.46. The molecule has 0 unspecified atom stereocenters. The van der Waals surface area contributed by atoms with Crippen molar-refractivity contribution < 1.29 is 9.59 Å². The fourth-order valence-corrected chi connectivity index (χ4v) is 3.16. The van der Waals surface area contributed by atoms with Gasteiger partial charge in [-0.2, -0.15) is 0 Å². The van der Waals surface area contributed by atoms with E-state index >= 15 is 0 Å². The van der Waals surface area contributed by atoms with Gasteiger partial charge in [-0.3, -0.25) is 4.79 Å². The van der Waals surface area contributed by atoms with Gasteiger partial charge >= 0.3 is 6.03 Å². The summed E-state index contributed by atoms with van der Waals surface area (Å²) in [5.41, 5.74) is 6.86. The monoisotopic (exact) mass is 337 g/mol. The zero-order valence-electron chi connectivity index (χ0n) is 11.0. The number of hydrogen-bond acceptors (Lipinski definition) is 2. The summed E-state index contributed by atoms with van der Waals surface area (Å²) < 4.78 is 1.06. The van der Waals surface area contributed by atoms with Crippen LogP contribution >= 0.6 is 15.9 Å². The van der Waals surface area contributed by atoms with Crippen molar-refractivity contribution in [3.63, 3.8) is 0 Å². The fourth-order valence-electron chi connectivity index (χ4n) is 2.75. The average Bonchev–Trinajstić information content (AvgIpc) is 3.17. The second kappa shape index (κ2) is 4.77. The molecule has 0 aromatic heterocycles. The second-order valence-corrected chi connectivity index (χ2v) is 6.38. The minimum atomic E-state index is -0.737. The number of fused-ring (bicyclic) bond motifs is 1. The Hall–Kier alpha value is -1.56. The van der Waals surface area contributed by atoms with Crippen molar-refractivity contribution in [1.29, 1.82) is 0 Å². The largest absolute Gasteiger partial charge is 0.352 e. The molecule has 3 N–H and O–H groups in total. The second-order valence-electron chi connectivity index (χ2n) is 5.46. The van der Waals surface area contributed by atoms with Gasteiger partial charge in [0.15, 0.2) is 0 Å². The van der Waals surface area contributed by atoms with Crippen LogP contribution < -0.4 is 11.1 Å². The summed E-state index contributed by atoms with van der Waals surface area (Å²) in [6.45, 7) is 1.29. The van der Waals surface area contributed by atoms with E-state index in [1.807, 2.05) is 17.0 Å². The molecule has 106 valence electrons. The number of nitrogens with two attached hydrogens (primary N) is 1. The van der Waals surface area contributed by atoms with Gasteiger partial charge < -0.3 is 16.0 Å². The molecule has 5 nitrogen and oxygen atoms in total. The van der Waals surface area contributed by atoms with Crippen molar-refractivity contribution in [3.8, 4) is 0 Å². The Bertz CT molecular complexity index is 584. The summed E-state index contributed by atoms with van der Waals surface area (Å²) in [6, 6.07) is 5.50. The van der Waals surface area contributed by atoms with E-state index in [-0.39, 0.29) is 5.91 Å². The lowest BCUT2D eigenvalue weighted by Crippen LogP contribution is -2.53. The number of rotatable bonds is 2. The van der Waals surface area contributed by atoms with E-state index in [1.54, 1.807) is 0 Å². The Morgan fingerprint density at radius 3 is 2.70 bits per heavy atom. The number of amides is 3. The van der Waals surface area contributed by atoms with Crippen LogP contribution in [0.15, 0.2) is 22.7 Å². The highest BCUT2D eigenvalue weighted by molar-refractivity contribution is 9.10. The predicted octanol–water partition coefficient (Wildman–Crippen LogP) is 1.53. The van der Waals surface area contributed by atoms with Gasteiger partial charge in [0.1, 0.15) is 5.54 Å². The first kappa shape index (κ1) is 13.4. The molecule has 3 amide bonds. The van der Waals surface area contributed by atoms with E-state index in [0.29, 0.717) is 25.9 Å². The van der Waals surface area contributed by atoms with Gasteiger partial charge in [0.25, 0.3) is 0 Å². The van der Waals surface area contributed by atoms with Crippen LogP contribution in [0.1, 0.15) is 24.0 Å². The average molecular weight is 338 g/mol. The molecule has 1 heterocycles. The molecule has 1 aliphatic heterocycles. The Morgan fingerprint density at radius 1 is 1.30 bits per heavy atom. The van der Waals surface area contributed by atoms with Crippen LogP contribution in [-0.2, 0) is 17.8 Å². The molecular formula is C14H16BrN3O2. The molecule has 6 heteroatoms. The third-order valence-corrected chi connectivity index (χ3v) is 4.48. The van der Waals surface area contributed by atoms with Gasteiger partial charge in [-0.05, 0) is 42.5 Å². The smallest absolute Gasteiger partial charge is 0.313 e. The number of benzene rings is 1. The van der Waals surface area contributed by atoms with Gasteiger partial charge in [0, 0.05) is 17.6 Å². The molecule has 0 spiro atoms. The molecule has 0 bridgehead atoms. The number of halogens is 1. The lowest BCUT2D eigenvalue weighted by molar-refractivity contribution is -0.135. The quantitative estimate of drug-likeness (QED) is 0.858. The molecule has 20 heavy (non-hydrogen) atoms. The first-order valence-corrected chi connectivity index (χ1v) is 7.44. The predicted molar refractivity (Wildman–Crippen MR) is 77.9 cm³/mol. The normalized spacial score (nSPS) is 19.1. The summed E-state index contributed by atoms with van der Waals surface area (Å²) in [7, 11) is 0. The minimum Gasteiger partial charge on any atom is -0.352 e. The van der Waals surface area contributed by atoms with E-state index < -0.39 is 11.6 Å². The molecule has 0 radical (unpaired) electrons. The highest BCUT2D eigenvalue weighted by Gasteiger charge is 2.53. The number of urea groups is 1. The van der Waals surface area contributed by atoms with Crippen LogP contribution in [0.25, 0.3) is 0 Å². The minimum absolute atomic E-state index is 0.00938. The lowest BCUT2D eigenvalue weighted by Gasteiger charge is -2.32. The number of primary amides is 1. The highest BCUT2D eigenvalue weighted by atomic mass is 79.9. The molecule has 2 aliphatic rings. The van der Waals surface area contributed by atoms with Gasteiger partial charge in [0.2, 0.25) is 5.91 Å². The van der Waals surface area contributed by atoms with Crippen molar-refractivity contribution in [3.05, 3.63) is 33.8 Å². The fraction of sp³-hybridized carbons (Fsp3) is 0.429. The van der Waals surface area contributed by atoms with Crippen molar-refractivity contribution in [2.45, 2.75) is 31.3 Å². The highest BCUT2D eigenvalue weighted by Crippen LogP contribution is 2.38. The van der Waals surface area contributed by atoms with Crippen LogP contribution in [0.2, 0.25) is 0 Å². The van der Waals surface area contributed by atoms with Crippen LogP contribution in [-0.4, -0.2) is 28.9 Å². The van der Waals surface area contributed by atoms with Crippen molar-refractivity contribution >= 4 is 27.9 Å². The topological polar surface area (TPSA) is 75.4 Å². The standard InChI is InChI=1S/C14H16BrN3O2/c15-11-2-1-10-8-18(6-3-9(10)7-11)12(19)14(4-5-14)17-13(16)20/h1-2,7H,3-6,8H2,(H3,16,17,20). The number of nitrogens with one attached hydrogen (secondary N) is 1. The Labute approximate surface area is 125 Å². The van der Waals surface area contributed by atoms with Gasteiger partial charge in [-0.25, -0.2) is 4.79 Å². The molecule has 0 saturated heterocycles. The maximum Gasteiger partial charge on any atom is 0.313 e. The van der Waals surface area contributed by atoms with Crippen LogP contribution in [0.4, 0.5) is 4.79 Å². The van der Waals surface area contributed by atoms with Crippen molar-refractivity contribution in [2.24, 2.45) is 5.73 Å². The molecular weight excluding hydrogens is 322 g/mol. The molecule has 1 aromatic rings. The first-order valence-electron chi connectivity index (χ1n) is 6.64. The Kier molecular flexibility index (Phi) is 3.20. The van der Waals surface area contributed by atoms with Gasteiger partial charge in [-0.15, -0.1) is 0 Å². The SMILES string of the molecule is NC(=O)NC1(C(=O)N2CCc3cc(Br)ccc3C2)CC1. The van der Waals surface area contributed by atoms with Crippen LogP contribution in [0.3, 0.4) is 0 Å². The lowest BCUT2D eigenvalue weighted by atomic mass is 9.99. The van der Waals surface area contributed by atoms with Crippen molar-refractivity contribution in [2.75, 3.05) is 6.54 Å². The van der Waals surface area contributed by atoms with Crippen LogP contribution in [0.5, 0.6) is 0 Å². The summed E-state index contributed by atoms with van der Waals surface area (Å²) in [5, 5.41) is 2.60.